The van der Waals surface area contributed by atoms with Crippen molar-refractivity contribution >= 4 is 0 Å². The second-order valence-corrected chi connectivity index (χ2v) is 4.42. The molecule has 2 N–H and O–H groups in total. The van der Waals surface area contributed by atoms with Crippen LogP contribution in [0.1, 0.15) is 18.5 Å². The molecule has 1 fully saturated rings. The Labute approximate surface area is 99.1 Å². The summed E-state index contributed by atoms with van der Waals surface area (Å²) in [7, 11) is 0. The van der Waals surface area contributed by atoms with Gasteiger partial charge in [0, 0.05) is 30.0 Å². The third-order valence-electron chi connectivity index (χ3n) is 2.89. The number of hydrogen-bond acceptors (Lipinski definition) is 2. The Morgan fingerprint density at radius 3 is 3.06 bits per heavy atom. The molecule has 4 heteroatoms. The molecule has 0 unspecified atom stereocenters. The molecule has 0 amide bonds. The third-order valence-corrected chi connectivity index (χ3v) is 2.89. The van der Waals surface area contributed by atoms with E-state index in [1.807, 2.05) is 6.07 Å². The van der Waals surface area contributed by atoms with E-state index in [4.69, 9.17) is 0 Å². The van der Waals surface area contributed by atoms with E-state index >= 15 is 0 Å². The highest BCUT2D eigenvalue weighted by Crippen LogP contribution is 2.20. The fourth-order valence-electron chi connectivity index (χ4n) is 1.77. The predicted molar refractivity (Wildman–Crippen MR) is 63.8 cm³/mol. The van der Waals surface area contributed by atoms with Gasteiger partial charge in [-0.25, -0.2) is 9.37 Å². The number of benzene rings is 1. The van der Waals surface area contributed by atoms with Gasteiger partial charge in [0.05, 0.1) is 0 Å². The third kappa shape index (κ3) is 2.53. The minimum atomic E-state index is -0.239. The summed E-state index contributed by atoms with van der Waals surface area (Å²) in [6.07, 6.45) is 4.34. The summed E-state index contributed by atoms with van der Waals surface area (Å²) in [6.45, 7) is 0.799. The summed E-state index contributed by atoms with van der Waals surface area (Å²) in [5, 5.41) is 3.40. The number of hydrogen-bond donors (Lipinski definition) is 2. The van der Waals surface area contributed by atoms with Gasteiger partial charge >= 0.3 is 0 Å². The summed E-state index contributed by atoms with van der Waals surface area (Å²) in [6, 6.07) is 7.13. The average Bonchev–Trinajstić information content (AvgIpc) is 3.04. The number of rotatable bonds is 4. The van der Waals surface area contributed by atoms with Crippen molar-refractivity contribution in [3.63, 3.8) is 0 Å². The van der Waals surface area contributed by atoms with Crippen molar-refractivity contribution in [1.82, 2.24) is 15.3 Å². The Morgan fingerprint density at radius 1 is 1.41 bits per heavy atom. The lowest BCUT2D eigenvalue weighted by molar-refractivity contribution is 0.628. The van der Waals surface area contributed by atoms with Gasteiger partial charge in [0.25, 0.3) is 0 Å². The second kappa shape index (κ2) is 4.30. The van der Waals surface area contributed by atoms with Crippen molar-refractivity contribution in [1.29, 1.82) is 0 Å². The topological polar surface area (TPSA) is 40.7 Å². The van der Waals surface area contributed by atoms with Crippen molar-refractivity contribution in [2.75, 3.05) is 0 Å². The fraction of sp³-hybridized carbons (Fsp3) is 0.308. The Kier molecular flexibility index (Phi) is 2.65. The summed E-state index contributed by atoms with van der Waals surface area (Å²) >= 11 is 0. The molecule has 3 nitrogen and oxygen atoms in total. The quantitative estimate of drug-likeness (QED) is 0.848. The van der Waals surface area contributed by atoms with Gasteiger partial charge in [0.15, 0.2) is 0 Å². The standard InChI is InChI=1S/C13H14FN3/c14-10-3-1-2-9(6-10)13-16-8-12(17-13)7-15-11-4-5-11/h1-3,6,8,11,15H,4-5,7H2,(H,16,17). The zero-order valence-corrected chi connectivity index (χ0v) is 9.41. The number of imidazole rings is 1. The highest BCUT2D eigenvalue weighted by atomic mass is 19.1. The Morgan fingerprint density at radius 2 is 2.29 bits per heavy atom. The molecule has 1 saturated carbocycles. The zero-order valence-electron chi connectivity index (χ0n) is 9.41. The molecule has 0 atom stereocenters. The van der Waals surface area contributed by atoms with Crippen LogP contribution in [-0.4, -0.2) is 16.0 Å². The molecule has 2 aromatic rings. The molecule has 1 heterocycles. The minimum Gasteiger partial charge on any atom is -0.341 e. The van der Waals surface area contributed by atoms with Crippen LogP contribution in [0.5, 0.6) is 0 Å². The van der Waals surface area contributed by atoms with E-state index in [0.29, 0.717) is 6.04 Å². The van der Waals surface area contributed by atoms with Crippen molar-refractivity contribution in [2.24, 2.45) is 0 Å². The number of halogens is 1. The largest absolute Gasteiger partial charge is 0.341 e. The van der Waals surface area contributed by atoms with Crippen LogP contribution in [0.15, 0.2) is 30.5 Å². The maximum atomic E-state index is 13.1. The SMILES string of the molecule is Fc1cccc(-c2ncc(CNC3CC3)[nH]2)c1. The highest BCUT2D eigenvalue weighted by molar-refractivity contribution is 5.54. The van der Waals surface area contributed by atoms with E-state index < -0.39 is 0 Å². The van der Waals surface area contributed by atoms with Gasteiger partial charge < -0.3 is 10.3 Å². The number of H-pyrrole nitrogens is 1. The molecule has 0 spiro atoms. The first-order valence-corrected chi connectivity index (χ1v) is 5.84. The fourth-order valence-corrected chi connectivity index (χ4v) is 1.77. The number of nitrogens with one attached hydrogen (secondary N) is 2. The first kappa shape index (κ1) is 10.5. The van der Waals surface area contributed by atoms with Gasteiger partial charge in [0.1, 0.15) is 11.6 Å². The van der Waals surface area contributed by atoms with E-state index in [9.17, 15) is 4.39 Å². The molecule has 1 aromatic heterocycles. The summed E-state index contributed by atoms with van der Waals surface area (Å²) in [5.41, 5.74) is 1.82. The first-order valence-electron chi connectivity index (χ1n) is 5.84. The van der Waals surface area contributed by atoms with Crippen LogP contribution in [0.25, 0.3) is 11.4 Å². The van der Waals surface area contributed by atoms with Crippen molar-refractivity contribution in [3.05, 3.63) is 42.0 Å². The molecule has 0 aliphatic heterocycles. The van der Waals surface area contributed by atoms with E-state index in [-0.39, 0.29) is 5.82 Å². The summed E-state index contributed by atoms with van der Waals surface area (Å²) in [5.74, 6) is 0.480. The monoisotopic (exact) mass is 231 g/mol. The maximum Gasteiger partial charge on any atom is 0.137 e. The van der Waals surface area contributed by atoms with E-state index in [1.54, 1.807) is 12.3 Å². The second-order valence-electron chi connectivity index (χ2n) is 4.42. The van der Waals surface area contributed by atoms with Crippen LogP contribution >= 0.6 is 0 Å². The van der Waals surface area contributed by atoms with Crippen LogP contribution in [0.2, 0.25) is 0 Å². The average molecular weight is 231 g/mol. The minimum absolute atomic E-state index is 0.239. The molecule has 0 saturated heterocycles. The van der Waals surface area contributed by atoms with Crippen LogP contribution in [0, 0.1) is 5.82 Å². The van der Waals surface area contributed by atoms with E-state index in [2.05, 4.69) is 15.3 Å². The first-order chi connectivity index (χ1) is 8.31. The highest BCUT2D eigenvalue weighted by Gasteiger charge is 2.20. The van der Waals surface area contributed by atoms with Crippen LogP contribution in [-0.2, 0) is 6.54 Å². The van der Waals surface area contributed by atoms with Crippen molar-refractivity contribution < 1.29 is 4.39 Å². The number of nitrogens with zero attached hydrogens (tertiary/aromatic N) is 1. The van der Waals surface area contributed by atoms with Crippen LogP contribution in [0.4, 0.5) is 4.39 Å². The Balaban J connectivity index is 1.74. The van der Waals surface area contributed by atoms with Crippen LogP contribution in [0.3, 0.4) is 0 Å². The van der Waals surface area contributed by atoms with E-state index in [1.165, 1.54) is 25.0 Å². The van der Waals surface area contributed by atoms with Gasteiger partial charge in [-0.05, 0) is 25.0 Å². The van der Waals surface area contributed by atoms with Crippen molar-refractivity contribution in [3.8, 4) is 11.4 Å². The van der Waals surface area contributed by atoms with Gasteiger partial charge in [-0.1, -0.05) is 12.1 Å². The molecule has 1 aromatic carbocycles. The normalized spacial score (nSPS) is 15.1. The Hall–Kier alpha value is -1.68. The van der Waals surface area contributed by atoms with Gasteiger partial charge in [0.2, 0.25) is 0 Å². The summed E-state index contributed by atoms with van der Waals surface area (Å²) < 4.78 is 13.1. The lowest BCUT2D eigenvalue weighted by Crippen LogP contribution is -2.15. The lowest BCUT2D eigenvalue weighted by atomic mass is 10.2. The molecular weight excluding hydrogens is 217 g/mol. The smallest absolute Gasteiger partial charge is 0.137 e. The van der Waals surface area contributed by atoms with Crippen LogP contribution < -0.4 is 5.32 Å². The van der Waals surface area contributed by atoms with Gasteiger partial charge in [-0.3, -0.25) is 0 Å². The molecule has 0 radical (unpaired) electrons. The molecule has 1 aliphatic rings. The molecule has 3 rings (SSSR count). The summed E-state index contributed by atoms with van der Waals surface area (Å²) in [4.78, 5) is 7.46. The van der Waals surface area contributed by atoms with Gasteiger partial charge in [-0.15, -0.1) is 0 Å². The Bertz CT molecular complexity index is 517. The molecular formula is C13H14FN3. The van der Waals surface area contributed by atoms with Crippen molar-refractivity contribution in [2.45, 2.75) is 25.4 Å². The molecule has 0 bridgehead atoms. The molecule has 88 valence electrons. The lowest BCUT2D eigenvalue weighted by Gasteiger charge is -1.99. The maximum absolute atomic E-state index is 13.1. The number of aromatic nitrogens is 2. The molecule has 1 aliphatic carbocycles. The van der Waals surface area contributed by atoms with Gasteiger partial charge in [-0.2, -0.15) is 0 Å². The van der Waals surface area contributed by atoms with E-state index in [0.717, 1.165) is 23.6 Å². The molecule has 17 heavy (non-hydrogen) atoms. The predicted octanol–water partition coefficient (Wildman–Crippen LogP) is 2.47. The zero-order chi connectivity index (χ0) is 11.7. The number of aromatic amines is 1.